The molecule has 0 spiro atoms. The Kier molecular flexibility index (Phi) is 4.45. The van der Waals surface area contributed by atoms with Crippen LogP contribution in [-0.4, -0.2) is 26.2 Å². The second-order valence-corrected chi connectivity index (χ2v) is 4.94. The van der Waals surface area contributed by atoms with Crippen molar-refractivity contribution in [3.05, 3.63) is 47.7 Å². The number of nitrogens with one attached hydrogen (secondary N) is 1. The van der Waals surface area contributed by atoms with Crippen molar-refractivity contribution >= 4 is 11.5 Å². The van der Waals surface area contributed by atoms with Gasteiger partial charge in [-0.25, -0.2) is 4.98 Å². The lowest BCUT2D eigenvalue weighted by Gasteiger charge is -2.17. The molecule has 20 heavy (non-hydrogen) atoms. The Morgan fingerprint density at radius 1 is 1.25 bits per heavy atom. The molecule has 0 atom stereocenters. The van der Waals surface area contributed by atoms with E-state index in [1.54, 1.807) is 13.3 Å². The summed E-state index contributed by atoms with van der Waals surface area (Å²) >= 11 is 0. The second kappa shape index (κ2) is 6.28. The van der Waals surface area contributed by atoms with Gasteiger partial charge >= 0.3 is 0 Å². The number of hydrogen-bond donors (Lipinski definition) is 1. The summed E-state index contributed by atoms with van der Waals surface area (Å²) in [5, 5.41) is 3.43. The van der Waals surface area contributed by atoms with E-state index in [0.717, 1.165) is 22.8 Å². The molecule has 0 aliphatic rings. The van der Waals surface area contributed by atoms with Crippen molar-refractivity contribution in [2.24, 2.45) is 0 Å². The van der Waals surface area contributed by atoms with Crippen molar-refractivity contribution in [1.82, 2.24) is 4.98 Å². The number of anilines is 2. The fraction of sp³-hybridized carbons (Fsp3) is 0.312. The Morgan fingerprint density at radius 3 is 2.75 bits per heavy atom. The minimum absolute atomic E-state index is 0.706. The predicted octanol–water partition coefficient (Wildman–Crippen LogP) is 3.08. The summed E-state index contributed by atoms with van der Waals surface area (Å²) in [6.07, 6.45) is 1.80. The lowest BCUT2D eigenvalue weighted by atomic mass is 10.1. The third-order valence-corrected chi connectivity index (χ3v) is 3.12. The Bertz CT molecular complexity index is 582. The number of aryl methyl sites for hydroxylation is 1. The normalized spacial score (nSPS) is 10.2. The summed E-state index contributed by atoms with van der Waals surface area (Å²) in [7, 11) is 5.67. The summed E-state index contributed by atoms with van der Waals surface area (Å²) in [5.41, 5.74) is 3.38. The van der Waals surface area contributed by atoms with E-state index in [1.165, 1.54) is 5.56 Å². The van der Waals surface area contributed by atoms with E-state index in [9.17, 15) is 0 Å². The van der Waals surface area contributed by atoms with E-state index in [4.69, 9.17) is 4.74 Å². The van der Waals surface area contributed by atoms with Gasteiger partial charge in [-0.2, -0.15) is 0 Å². The number of aromatic nitrogens is 1. The lowest BCUT2D eigenvalue weighted by molar-refractivity contribution is 0.410. The molecule has 4 nitrogen and oxygen atoms in total. The zero-order valence-corrected chi connectivity index (χ0v) is 12.5. The van der Waals surface area contributed by atoms with Crippen LogP contribution in [0.3, 0.4) is 0 Å². The van der Waals surface area contributed by atoms with Crippen molar-refractivity contribution in [3.8, 4) is 5.75 Å². The molecule has 0 unspecified atom stereocenters. The molecule has 2 aromatic rings. The predicted molar refractivity (Wildman–Crippen MR) is 83.6 cm³/mol. The third-order valence-electron chi connectivity index (χ3n) is 3.12. The van der Waals surface area contributed by atoms with Crippen LogP contribution in [0, 0.1) is 6.92 Å². The fourth-order valence-corrected chi connectivity index (χ4v) is 2.13. The van der Waals surface area contributed by atoms with Crippen LogP contribution in [0.5, 0.6) is 5.75 Å². The van der Waals surface area contributed by atoms with Crippen LogP contribution in [0.4, 0.5) is 11.5 Å². The van der Waals surface area contributed by atoms with Crippen molar-refractivity contribution in [2.75, 3.05) is 31.4 Å². The first-order valence-corrected chi connectivity index (χ1v) is 6.61. The highest BCUT2D eigenvalue weighted by Gasteiger charge is 2.07. The molecule has 0 fully saturated rings. The number of pyridine rings is 1. The van der Waals surface area contributed by atoms with Crippen LogP contribution < -0.4 is 15.0 Å². The smallest absolute Gasteiger partial charge is 0.151 e. The van der Waals surface area contributed by atoms with Crippen LogP contribution in [-0.2, 0) is 6.54 Å². The van der Waals surface area contributed by atoms with E-state index in [1.807, 2.05) is 37.2 Å². The van der Waals surface area contributed by atoms with Crippen LogP contribution in [0.25, 0.3) is 0 Å². The molecule has 1 heterocycles. The van der Waals surface area contributed by atoms with Crippen LogP contribution in [0.15, 0.2) is 36.5 Å². The van der Waals surface area contributed by atoms with E-state index in [-0.39, 0.29) is 0 Å². The maximum atomic E-state index is 5.40. The summed E-state index contributed by atoms with van der Waals surface area (Å²) in [4.78, 5) is 6.38. The van der Waals surface area contributed by atoms with Gasteiger partial charge in [0, 0.05) is 32.4 Å². The SMILES string of the molecule is COc1ccc(C)cc1CNc1cccnc1N(C)C. The molecular formula is C16H21N3O. The molecule has 0 aliphatic carbocycles. The first-order valence-electron chi connectivity index (χ1n) is 6.61. The maximum absolute atomic E-state index is 5.40. The Morgan fingerprint density at radius 2 is 2.05 bits per heavy atom. The van der Waals surface area contributed by atoms with Gasteiger partial charge in [-0.3, -0.25) is 0 Å². The molecule has 1 aromatic carbocycles. The van der Waals surface area contributed by atoms with Gasteiger partial charge in [0.25, 0.3) is 0 Å². The molecule has 106 valence electrons. The van der Waals surface area contributed by atoms with E-state index < -0.39 is 0 Å². The van der Waals surface area contributed by atoms with Gasteiger partial charge in [-0.05, 0) is 25.1 Å². The summed E-state index contributed by atoms with van der Waals surface area (Å²) in [5.74, 6) is 1.83. The van der Waals surface area contributed by atoms with Crippen LogP contribution in [0.2, 0.25) is 0 Å². The maximum Gasteiger partial charge on any atom is 0.151 e. The Hall–Kier alpha value is -2.23. The van der Waals surface area contributed by atoms with Gasteiger partial charge in [0.2, 0.25) is 0 Å². The minimum atomic E-state index is 0.706. The van der Waals surface area contributed by atoms with Crippen molar-refractivity contribution < 1.29 is 4.74 Å². The molecule has 1 aromatic heterocycles. The zero-order valence-electron chi connectivity index (χ0n) is 12.5. The van der Waals surface area contributed by atoms with Crippen molar-refractivity contribution in [1.29, 1.82) is 0 Å². The minimum Gasteiger partial charge on any atom is -0.496 e. The van der Waals surface area contributed by atoms with Gasteiger partial charge in [-0.1, -0.05) is 17.7 Å². The average Bonchev–Trinajstić information content (AvgIpc) is 2.45. The molecule has 1 N–H and O–H groups in total. The van der Waals surface area contributed by atoms with Gasteiger partial charge in [0.15, 0.2) is 5.82 Å². The largest absolute Gasteiger partial charge is 0.496 e. The van der Waals surface area contributed by atoms with Gasteiger partial charge in [0.1, 0.15) is 5.75 Å². The summed E-state index contributed by atoms with van der Waals surface area (Å²) in [6, 6.07) is 10.2. The van der Waals surface area contributed by atoms with Crippen LogP contribution >= 0.6 is 0 Å². The van der Waals surface area contributed by atoms with Crippen molar-refractivity contribution in [2.45, 2.75) is 13.5 Å². The highest BCUT2D eigenvalue weighted by atomic mass is 16.5. The topological polar surface area (TPSA) is 37.4 Å². The number of hydrogen-bond acceptors (Lipinski definition) is 4. The standard InChI is InChI=1S/C16H21N3O/c1-12-7-8-15(20-4)13(10-12)11-18-14-6-5-9-17-16(14)19(2)3/h5-10,18H,11H2,1-4H3. The van der Waals surface area contributed by atoms with E-state index >= 15 is 0 Å². The quantitative estimate of drug-likeness (QED) is 0.907. The van der Waals surface area contributed by atoms with Crippen molar-refractivity contribution in [3.63, 3.8) is 0 Å². The summed E-state index contributed by atoms with van der Waals surface area (Å²) in [6.45, 7) is 2.79. The number of benzene rings is 1. The van der Waals surface area contributed by atoms with E-state index in [0.29, 0.717) is 6.54 Å². The summed E-state index contributed by atoms with van der Waals surface area (Å²) < 4.78 is 5.40. The molecule has 0 amide bonds. The number of nitrogens with zero attached hydrogens (tertiary/aromatic N) is 2. The molecule has 0 radical (unpaired) electrons. The van der Waals surface area contributed by atoms with Gasteiger partial charge in [0.05, 0.1) is 12.8 Å². The van der Waals surface area contributed by atoms with E-state index in [2.05, 4.69) is 29.4 Å². The fourth-order valence-electron chi connectivity index (χ4n) is 2.13. The molecular weight excluding hydrogens is 250 g/mol. The second-order valence-electron chi connectivity index (χ2n) is 4.94. The Balaban J connectivity index is 2.19. The third kappa shape index (κ3) is 3.20. The highest BCUT2D eigenvalue weighted by molar-refractivity contribution is 5.65. The molecule has 0 aliphatic heterocycles. The average molecular weight is 271 g/mol. The lowest BCUT2D eigenvalue weighted by Crippen LogP contribution is -2.14. The number of rotatable bonds is 5. The first kappa shape index (κ1) is 14.2. The first-order chi connectivity index (χ1) is 9.61. The molecule has 0 saturated carbocycles. The van der Waals surface area contributed by atoms with Gasteiger partial charge < -0.3 is 15.0 Å². The number of methoxy groups -OCH3 is 1. The molecule has 0 bridgehead atoms. The van der Waals surface area contributed by atoms with Crippen LogP contribution in [0.1, 0.15) is 11.1 Å². The molecule has 4 heteroatoms. The van der Waals surface area contributed by atoms with Gasteiger partial charge in [-0.15, -0.1) is 0 Å². The number of ether oxygens (including phenoxy) is 1. The molecule has 0 saturated heterocycles. The zero-order chi connectivity index (χ0) is 14.5. The monoisotopic (exact) mass is 271 g/mol. The molecule has 2 rings (SSSR count). The Labute approximate surface area is 120 Å². The highest BCUT2D eigenvalue weighted by Crippen LogP contribution is 2.24.